The SMILES string of the molecule is CC(NC(=O)C(N)CCc1ccccc1)C(=O)NCc1ccc2nc(N)[nH]c2c1.Cl.Cl. The van der Waals surface area contributed by atoms with Crippen LogP contribution in [0.25, 0.3) is 11.0 Å². The Morgan fingerprint density at radius 3 is 2.48 bits per heavy atom. The number of nitrogens with zero attached hydrogens (tertiary/aromatic N) is 1. The summed E-state index contributed by atoms with van der Waals surface area (Å²) >= 11 is 0. The molecule has 0 spiro atoms. The molecule has 1 aromatic heterocycles. The van der Waals surface area contributed by atoms with E-state index in [9.17, 15) is 9.59 Å². The number of anilines is 1. The van der Waals surface area contributed by atoms with Crippen molar-refractivity contribution in [1.29, 1.82) is 0 Å². The predicted molar refractivity (Wildman–Crippen MR) is 127 cm³/mol. The third-order valence-electron chi connectivity index (χ3n) is 4.71. The number of amides is 2. The molecule has 2 aromatic carbocycles. The predicted octanol–water partition coefficient (Wildman–Crippen LogP) is 2.07. The number of nitrogens with two attached hydrogens (primary N) is 2. The molecule has 0 saturated heterocycles. The molecule has 0 fully saturated rings. The number of fused-ring (bicyclic) bond motifs is 1. The van der Waals surface area contributed by atoms with E-state index in [1.165, 1.54) is 0 Å². The number of benzene rings is 2. The number of nitrogens with one attached hydrogen (secondary N) is 3. The number of carbonyl (C=O) groups is 2. The molecule has 2 amide bonds. The molecular formula is C21H28Cl2N6O2. The lowest BCUT2D eigenvalue weighted by molar-refractivity contribution is -0.129. The van der Waals surface area contributed by atoms with Crippen LogP contribution in [0.1, 0.15) is 24.5 Å². The molecular weight excluding hydrogens is 439 g/mol. The third-order valence-corrected chi connectivity index (χ3v) is 4.71. The Bertz CT molecular complexity index is 996. The molecule has 10 heteroatoms. The number of nitrogen functional groups attached to an aromatic ring is 1. The zero-order chi connectivity index (χ0) is 20.8. The summed E-state index contributed by atoms with van der Waals surface area (Å²) in [5.41, 5.74) is 15.2. The van der Waals surface area contributed by atoms with Gasteiger partial charge in [-0.05, 0) is 43.0 Å². The summed E-state index contributed by atoms with van der Waals surface area (Å²) in [6, 6.07) is 14.1. The highest BCUT2D eigenvalue weighted by atomic mass is 35.5. The number of hydrogen-bond donors (Lipinski definition) is 5. The molecule has 0 aliphatic carbocycles. The molecule has 0 aliphatic heterocycles. The standard InChI is InChI=1S/C21H26N6O2.2ClH/c1-13(25-20(29)16(22)9-7-14-5-3-2-4-6-14)19(28)24-12-15-8-10-17-18(11-15)27-21(23)26-17;;/h2-6,8,10-11,13,16H,7,9,12,22H2,1H3,(H,24,28)(H,25,29)(H3,23,26,27);2*1H. The molecule has 0 aliphatic rings. The molecule has 0 bridgehead atoms. The third kappa shape index (κ3) is 7.43. The van der Waals surface area contributed by atoms with E-state index in [0.29, 0.717) is 25.3 Å². The summed E-state index contributed by atoms with van der Waals surface area (Å²) in [6.07, 6.45) is 1.22. The highest BCUT2D eigenvalue weighted by Crippen LogP contribution is 2.14. The highest BCUT2D eigenvalue weighted by Gasteiger charge is 2.19. The van der Waals surface area contributed by atoms with E-state index in [4.69, 9.17) is 11.5 Å². The summed E-state index contributed by atoms with van der Waals surface area (Å²) < 4.78 is 0. The topological polar surface area (TPSA) is 139 Å². The number of carbonyl (C=O) groups excluding carboxylic acids is 2. The van der Waals surface area contributed by atoms with Crippen LogP contribution >= 0.6 is 24.8 Å². The molecule has 8 nitrogen and oxygen atoms in total. The van der Waals surface area contributed by atoms with Gasteiger partial charge in [0.2, 0.25) is 11.8 Å². The van der Waals surface area contributed by atoms with E-state index in [-0.39, 0.29) is 36.6 Å². The summed E-state index contributed by atoms with van der Waals surface area (Å²) in [7, 11) is 0. The van der Waals surface area contributed by atoms with E-state index < -0.39 is 12.1 Å². The fourth-order valence-corrected chi connectivity index (χ4v) is 3.01. The van der Waals surface area contributed by atoms with Gasteiger partial charge in [-0.2, -0.15) is 0 Å². The molecule has 2 atom stereocenters. The van der Waals surface area contributed by atoms with Crippen molar-refractivity contribution < 1.29 is 9.59 Å². The van der Waals surface area contributed by atoms with Crippen molar-refractivity contribution in [1.82, 2.24) is 20.6 Å². The molecule has 7 N–H and O–H groups in total. The highest BCUT2D eigenvalue weighted by molar-refractivity contribution is 5.89. The Balaban J connectivity index is 0.00000240. The van der Waals surface area contributed by atoms with Gasteiger partial charge in [-0.1, -0.05) is 36.4 Å². The first-order chi connectivity index (χ1) is 13.9. The molecule has 3 rings (SSSR count). The number of imidazole rings is 1. The molecule has 1 heterocycles. The maximum Gasteiger partial charge on any atom is 0.242 e. The number of aromatic amines is 1. The van der Waals surface area contributed by atoms with Gasteiger partial charge in [0.25, 0.3) is 0 Å². The van der Waals surface area contributed by atoms with Gasteiger partial charge in [-0.3, -0.25) is 9.59 Å². The molecule has 0 radical (unpaired) electrons. The number of halogens is 2. The van der Waals surface area contributed by atoms with Crippen molar-refractivity contribution in [2.45, 2.75) is 38.4 Å². The first kappa shape index (κ1) is 26.2. The molecule has 3 aromatic rings. The molecule has 0 saturated carbocycles. The number of aromatic nitrogens is 2. The lowest BCUT2D eigenvalue weighted by atomic mass is 10.1. The Labute approximate surface area is 193 Å². The van der Waals surface area contributed by atoms with Gasteiger partial charge >= 0.3 is 0 Å². The minimum absolute atomic E-state index is 0. The number of rotatable bonds is 8. The van der Waals surface area contributed by atoms with Crippen LogP contribution in [0.3, 0.4) is 0 Å². The second-order valence-corrected chi connectivity index (χ2v) is 7.05. The molecule has 2 unspecified atom stereocenters. The Kier molecular flexibility index (Phi) is 10.3. The van der Waals surface area contributed by atoms with E-state index in [2.05, 4.69) is 20.6 Å². The fourth-order valence-electron chi connectivity index (χ4n) is 3.01. The van der Waals surface area contributed by atoms with Crippen LogP contribution in [0, 0.1) is 0 Å². The van der Waals surface area contributed by atoms with Crippen LogP contribution in [0.5, 0.6) is 0 Å². The summed E-state index contributed by atoms with van der Waals surface area (Å²) in [4.78, 5) is 31.7. The smallest absolute Gasteiger partial charge is 0.242 e. The summed E-state index contributed by atoms with van der Waals surface area (Å²) in [6.45, 7) is 1.96. The maximum absolute atomic E-state index is 12.3. The van der Waals surface area contributed by atoms with Crippen molar-refractivity contribution in [2.24, 2.45) is 5.73 Å². The van der Waals surface area contributed by atoms with Gasteiger partial charge in [-0.15, -0.1) is 24.8 Å². The van der Waals surface area contributed by atoms with Crippen LogP contribution in [-0.4, -0.2) is 33.9 Å². The van der Waals surface area contributed by atoms with Crippen LogP contribution in [0.15, 0.2) is 48.5 Å². The van der Waals surface area contributed by atoms with Crippen molar-refractivity contribution in [3.63, 3.8) is 0 Å². The van der Waals surface area contributed by atoms with Crippen molar-refractivity contribution in [3.05, 3.63) is 59.7 Å². The zero-order valence-corrected chi connectivity index (χ0v) is 18.8. The average Bonchev–Trinajstić information content (AvgIpc) is 3.10. The van der Waals surface area contributed by atoms with Crippen LogP contribution in [-0.2, 0) is 22.6 Å². The van der Waals surface area contributed by atoms with E-state index in [1.807, 2.05) is 48.5 Å². The van der Waals surface area contributed by atoms with Crippen molar-refractivity contribution >= 4 is 53.6 Å². The lowest BCUT2D eigenvalue weighted by Gasteiger charge is -2.17. The minimum Gasteiger partial charge on any atom is -0.369 e. The Morgan fingerprint density at radius 2 is 1.77 bits per heavy atom. The van der Waals surface area contributed by atoms with Gasteiger partial charge < -0.3 is 27.1 Å². The maximum atomic E-state index is 12.3. The van der Waals surface area contributed by atoms with E-state index in [1.54, 1.807) is 6.92 Å². The number of H-pyrrole nitrogens is 1. The molecule has 31 heavy (non-hydrogen) atoms. The number of hydrogen-bond acceptors (Lipinski definition) is 5. The normalized spacial score (nSPS) is 12.2. The fraction of sp³-hybridized carbons (Fsp3) is 0.286. The van der Waals surface area contributed by atoms with Gasteiger partial charge in [-0.25, -0.2) is 4.98 Å². The largest absolute Gasteiger partial charge is 0.369 e. The second kappa shape index (κ2) is 12.1. The Hall–Kier alpha value is -2.81. The van der Waals surface area contributed by atoms with Crippen molar-refractivity contribution in [2.75, 3.05) is 5.73 Å². The van der Waals surface area contributed by atoms with Gasteiger partial charge in [0.1, 0.15) is 6.04 Å². The van der Waals surface area contributed by atoms with E-state index >= 15 is 0 Å². The quantitative estimate of drug-likeness (QED) is 0.345. The van der Waals surface area contributed by atoms with Gasteiger partial charge in [0.05, 0.1) is 17.1 Å². The monoisotopic (exact) mass is 466 g/mol. The summed E-state index contributed by atoms with van der Waals surface area (Å²) in [5, 5.41) is 5.49. The van der Waals surface area contributed by atoms with Gasteiger partial charge in [0, 0.05) is 6.54 Å². The summed E-state index contributed by atoms with van der Waals surface area (Å²) in [5.74, 6) is -0.267. The van der Waals surface area contributed by atoms with Crippen LogP contribution in [0.2, 0.25) is 0 Å². The lowest BCUT2D eigenvalue weighted by Crippen LogP contribution is -2.50. The number of aryl methyl sites for hydroxylation is 1. The minimum atomic E-state index is -0.684. The van der Waals surface area contributed by atoms with Crippen molar-refractivity contribution in [3.8, 4) is 0 Å². The van der Waals surface area contributed by atoms with Crippen LogP contribution < -0.4 is 22.1 Å². The first-order valence-electron chi connectivity index (χ1n) is 9.54. The molecule has 168 valence electrons. The van der Waals surface area contributed by atoms with Crippen LogP contribution in [0.4, 0.5) is 5.95 Å². The Morgan fingerprint density at radius 1 is 1.06 bits per heavy atom. The van der Waals surface area contributed by atoms with Gasteiger partial charge in [0.15, 0.2) is 5.95 Å². The average molecular weight is 467 g/mol. The second-order valence-electron chi connectivity index (χ2n) is 7.05. The van der Waals surface area contributed by atoms with E-state index in [0.717, 1.165) is 22.2 Å². The zero-order valence-electron chi connectivity index (χ0n) is 17.1. The first-order valence-corrected chi connectivity index (χ1v) is 9.54.